The molecular formula is C16H11Cl2N3O. The SMILES string of the molecule is NN1C(=O)C(=Cc2ccccc2)N=C1c1ccc(Cl)cc1Cl. The van der Waals surface area contributed by atoms with Crippen LogP contribution in [0.5, 0.6) is 0 Å². The summed E-state index contributed by atoms with van der Waals surface area (Å²) >= 11 is 12.0. The predicted octanol–water partition coefficient (Wildman–Crippen LogP) is 3.50. The Balaban J connectivity index is 2.04. The third-order valence-electron chi connectivity index (χ3n) is 3.17. The van der Waals surface area contributed by atoms with Gasteiger partial charge in [0.15, 0.2) is 5.84 Å². The minimum Gasteiger partial charge on any atom is -0.265 e. The lowest BCUT2D eigenvalue weighted by atomic mass is 10.2. The molecule has 0 unspecified atom stereocenters. The lowest BCUT2D eigenvalue weighted by Crippen LogP contribution is -2.39. The summed E-state index contributed by atoms with van der Waals surface area (Å²) in [4.78, 5) is 16.5. The van der Waals surface area contributed by atoms with Gasteiger partial charge in [0.05, 0.1) is 5.02 Å². The van der Waals surface area contributed by atoms with Crippen molar-refractivity contribution in [2.75, 3.05) is 0 Å². The Morgan fingerprint density at radius 1 is 1.09 bits per heavy atom. The molecule has 6 heteroatoms. The van der Waals surface area contributed by atoms with Crippen LogP contribution in [0.1, 0.15) is 11.1 Å². The van der Waals surface area contributed by atoms with E-state index < -0.39 is 0 Å². The van der Waals surface area contributed by atoms with Crippen LogP contribution in [0.3, 0.4) is 0 Å². The van der Waals surface area contributed by atoms with Gasteiger partial charge in [-0.2, -0.15) is 0 Å². The van der Waals surface area contributed by atoms with Gasteiger partial charge >= 0.3 is 0 Å². The van der Waals surface area contributed by atoms with Gasteiger partial charge in [0.1, 0.15) is 5.70 Å². The normalized spacial score (nSPS) is 16.3. The van der Waals surface area contributed by atoms with Crippen molar-refractivity contribution in [1.82, 2.24) is 5.01 Å². The van der Waals surface area contributed by atoms with Gasteiger partial charge in [0.25, 0.3) is 5.91 Å². The minimum atomic E-state index is -0.384. The fourth-order valence-corrected chi connectivity index (χ4v) is 2.59. The van der Waals surface area contributed by atoms with Crippen LogP contribution in [-0.4, -0.2) is 16.8 Å². The van der Waals surface area contributed by atoms with Crippen molar-refractivity contribution >= 4 is 41.0 Å². The highest BCUT2D eigenvalue weighted by Gasteiger charge is 2.29. The first-order valence-corrected chi connectivity index (χ1v) is 7.22. The fourth-order valence-electron chi connectivity index (χ4n) is 2.10. The van der Waals surface area contributed by atoms with Crippen molar-refractivity contribution in [2.24, 2.45) is 10.8 Å². The van der Waals surface area contributed by atoms with E-state index in [1.54, 1.807) is 24.3 Å². The van der Waals surface area contributed by atoms with Gasteiger partial charge in [0.2, 0.25) is 0 Å². The van der Waals surface area contributed by atoms with Crippen molar-refractivity contribution in [3.63, 3.8) is 0 Å². The average molecular weight is 332 g/mol. The number of hydrogen-bond acceptors (Lipinski definition) is 3. The summed E-state index contributed by atoms with van der Waals surface area (Å²) in [7, 11) is 0. The molecule has 2 N–H and O–H groups in total. The zero-order valence-electron chi connectivity index (χ0n) is 11.3. The maximum atomic E-state index is 12.2. The molecule has 0 fully saturated rings. The summed E-state index contributed by atoms with van der Waals surface area (Å²) in [5.74, 6) is 5.74. The number of halogens is 2. The molecule has 3 rings (SSSR count). The monoisotopic (exact) mass is 331 g/mol. The Bertz CT molecular complexity index is 800. The molecule has 110 valence electrons. The molecule has 22 heavy (non-hydrogen) atoms. The van der Waals surface area contributed by atoms with Gasteiger partial charge in [-0.15, -0.1) is 0 Å². The Morgan fingerprint density at radius 3 is 2.50 bits per heavy atom. The molecule has 1 aliphatic heterocycles. The van der Waals surface area contributed by atoms with Crippen molar-refractivity contribution in [2.45, 2.75) is 0 Å². The molecule has 0 aromatic heterocycles. The van der Waals surface area contributed by atoms with Crippen molar-refractivity contribution in [3.8, 4) is 0 Å². The number of amides is 1. The van der Waals surface area contributed by atoms with E-state index in [2.05, 4.69) is 4.99 Å². The Morgan fingerprint density at radius 2 is 1.82 bits per heavy atom. The lowest BCUT2D eigenvalue weighted by Gasteiger charge is -2.12. The molecule has 1 heterocycles. The van der Waals surface area contributed by atoms with E-state index in [4.69, 9.17) is 29.0 Å². The molecule has 2 aromatic carbocycles. The highest BCUT2D eigenvalue weighted by Crippen LogP contribution is 2.26. The van der Waals surface area contributed by atoms with Crippen LogP contribution in [0.2, 0.25) is 10.0 Å². The molecule has 1 aliphatic rings. The van der Waals surface area contributed by atoms with Crippen LogP contribution in [0.25, 0.3) is 6.08 Å². The minimum absolute atomic E-state index is 0.259. The molecule has 0 bridgehead atoms. The molecule has 0 spiro atoms. The number of nitrogens with zero attached hydrogens (tertiary/aromatic N) is 2. The predicted molar refractivity (Wildman–Crippen MR) is 88.5 cm³/mol. The molecule has 0 saturated heterocycles. The van der Waals surface area contributed by atoms with Crippen molar-refractivity contribution in [1.29, 1.82) is 0 Å². The standard InChI is InChI=1S/C16H11Cl2N3O/c17-11-6-7-12(13(18)9-11)15-20-14(16(22)21(15)19)8-10-4-2-1-3-5-10/h1-9H,19H2. The largest absolute Gasteiger partial charge is 0.292 e. The van der Waals surface area contributed by atoms with Gasteiger partial charge in [0, 0.05) is 10.6 Å². The molecule has 1 amide bonds. The summed E-state index contributed by atoms with van der Waals surface area (Å²) in [5.41, 5.74) is 1.68. The van der Waals surface area contributed by atoms with E-state index in [1.165, 1.54) is 0 Å². The number of rotatable bonds is 2. The number of amidine groups is 1. The number of carbonyl (C=O) groups excluding carboxylic acids is 1. The average Bonchev–Trinajstić information content (AvgIpc) is 2.77. The van der Waals surface area contributed by atoms with E-state index in [1.807, 2.05) is 30.3 Å². The lowest BCUT2D eigenvalue weighted by molar-refractivity contribution is -0.122. The summed E-state index contributed by atoms with van der Waals surface area (Å²) in [6, 6.07) is 14.4. The van der Waals surface area contributed by atoms with Gasteiger partial charge in [-0.05, 0) is 29.8 Å². The quantitative estimate of drug-likeness (QED) is 0.520. The Kier molecular flexibility index (Phi) is 3.98. The highest BCUT2D eigenvalue weighted by molar-refractivity contribution is 6.37. The van der Waals surface area contributed by atoms with Crippen LogP contribution in [0.4, 0.5) is 0 Å². The number of aliphatic imine (C=N–C) groups is 1. The van der Waals surface area contributed by atoms with E-state index in [0.29, 0.717) is 21.4 Å². The van der Waals surface area contributed by atoms with Gasteiger partial charge < -0.3 is 0 Å². The summed E-state index contributed by atoms with van der Waals surface area (Å²) < 4.78 is 0. The van der Waals surface area contributed by atoms with E-state index in [9.17, 15) is 4.79 Å². The number of benzene rings is 2. The molecule has 0 aliphatic carbocycles. The topological polar surface area (TPSA) is 58.7 Å². The molecule has 0 radical (unpaired) electrons. The first-order chi connectivity index (χ1) is 10.6. The van der Waals surface area contributed by atoms with Gasteiger partial charge in [-0.3, -0.25) is 4.79 Å². The fraction of sp³-hybridized carbons (Fsp3) is 0. The van der Waals surface area contributed by atoms with Crippen LogP contribution in [0.15, 0.2) is 59.2 Å². The number of nitrogens with two attached hydrogens (primary N) is 1. The van der Waals surface area contributed by atoms with Crippen LogP contribution < -0.4 is 5.84 Å². The Labute approximate surface area is 137 Å². The maximum absolute atomic E-state index is 12.2. The maximum Gasteiger partial charge on any atom is 0.292 e. The van der Waals surface area contributed by atoms with Gasteiger partial charge in [-0.1, -0.05) is 53.5 Å². The molecule has 2 aromatic rings. The molecule has 0 atom stereocenters. The first-order valence-electron chi connectivity index (χ1n) is 6.46. The van der Waals surface area contributed by atoms with Gasteiger partial charge in [-0.25, -0.2) is 15.8 Å². The second kappa shape index (κ2) is 5.93. The highest BCUT2D eigenvalue weighted by atomic mass is 35.5. The molecule has 0 saturated carbocycles. The van der Waals surface area contributed by atoms with Crippen molar-refractivity contribution in [3.05, 3.63) is 75.4 Å². The number of hydrogen-bond donors (Lipinski definition) is 1. The zero-order valence-corrected chi connectivity index (χ0v) is 12.8. The molecular weight excluding hydrogens is 321 g/mol. The number of hydrazine groups is 1. The van der Waals surface area contributed by atoms with E-state index >= 15 is 0 Å². The number of carbonyl (C=O) groups is 1. The van der Waals surface area contributed by atoms with Crippen LogP contribution in [0, 0.1) is 0 Å². The van der Waals surface area contributed by atoms with E-state index in [0.717, 1.165) is 10.6 Å². The zero-order chi connectivity index (χ0) is 15.7. The third kappa shape index (κ3) is 2.76. The summed E-state index contributed by atoms with van der Waals surface area (Å²) in [5, 5.41) is 1.88. The van der Waals surface area contributed by atoms with Crippen LogP contribution in [-0.2, 0) is 4.79 Å². The molecule has 4 nitrogen and oxygen atoms in total. The smallest absolute Gasteiger partial charge is 0.265 e. The second-order valence-electron chi connectivity index (χ2n) is 4.67. The summed E-state index contributed by atoms with van der Waals surface area (Å²) in [6.07, 6.45) is 1.68. The second-order valence-corrected chi connectivity index (χ2v) is 5.52. The Hall–Kier alpha value is -2.14. The van der Waals surface area contributed by atoms with E-state index in [-0.39, 0.29) is 11.6 Å². The third-order valence-corrected chi connectivity index (χ3v) is 3.72. The summed E-state index contributed by atoms with van der Waals surface area (Å²) in [6.45, 7) is 0. The van der Waals surface area contributed by atoms with Crippen LogP contribution >= 0.6 is 23.2 Å². The van der Waals surface area contributed by atoms with Crippen molar-refractivity contribution < 1.29 is 4.79 Å². The first kappa shape index (κ1) is 14.8.